The average Bonchev–Trinajstić information content (AvgIpc) is 3.16. The predicted molar refractivity (Wildman–Crippen MR) is 104 cm³/mol. The maximum Gasteiger partial charge on any atom is 0.335 e. The van der Waals surface area contributed by atoms with Crippen molar-refractivity contribution in [2.24, 2.45) is 0 Å². The van der Waals surface area contributed by atoms with Gasteiger partial charge in [0.1, 0.15) is 11.8 Å². The number of benzene rings is 1. The number of nitrogens with zero attached hydrogens (tertiary/aromatic N) is 1. The number of nitrogens with one attached hydrogen (secondary N) is 1. The Morgan fingerprint density at radius 2 is 2.15 bits per heavy atom. The number of hydrogen-bond acceptors (Lipinski definition) is 5. The van der Waals surface area contributed by atoms with Crippen LogP contribution in [0.2, 0.25) is 0 Å². The van der Waals surface area contributed by atoms with E-state index in [0.717, 1.165) is 18.4 Å². The molecule has 0 aliphatic carbocycles. The molecule has 148 valence electrons. The van der Waals surface area contributed by atoms with E-state index in [0.29, 0.717) is 36.8 Å². The molecular weight excluding hydrogens is 368 g/mol. The summed E-state index contributed by atoms with van der Waals surface area (Å²) in [7, 11) is 1.48. The molecule has 0 aromatic heterocycles. The Kier molecular flexibility index (Phi) is 7.97. The number of aromatic carboxylic acids is 1. The molecule has 1 heterocycles. The molecule has 1 aliphatic rings. The van der Waals surface area contributed by atoms with Crippen LogP contribution >= 0.6 is 11.8 Å². The Hall–Kier alpha value is -2.22. The average molecular weight is 394 g/mol. The van der Waals surface area contributed by atoms with Crippen molar-refractivity contribution in [2.45, 2.75) is 38.6 Å². The molecule has 2 rings (SSSR count). The van der Waals surface area contributed by atoms with Crippen molar-refractivity contribution >= 4 is 29.5 Å². The molecule has 7 nitrogen and oxygen atoms in total. The lowest BCUT2D eigenvalue weighted by Gasteiger charge is -2.23. The minimum absolute atomic E-state index is 0.0351. The van der Waals surface area contributed by atoms with E-state index in [9.17, 15) is 14.4 Å². The highest BCUT2D eigenvalue weighted by Gasteiger charge is 2.33. The Bertz CT molecular complexity index is 695. The molecule has 1 fully saturated rings. The molecule has 0 radical (unpaired) electrons. The Balaban J connectivity index is 1.90. The minimum Gasteiger partial charge on any atom is -0.496 e. The zero-order valence-electron chi connectivity index (χ0n) is 15.7. The zero-order chi connectivity index (χ0) is 19.8. The van der Waals surface area contributed by atoms with E-state index in [1.165, 1.54) is 19.2 Å². The van der Waals surface area contributed by atoms with Crippen LogP contribution in [-0.2, 0) is 16.0 Å². The quantitative estimate of drug-likeness (QED) is 0.666. The van der Waals surface area contributed by atoms with Crippen molar-refractivity contribution in [1.29, 1.82) is 0 Å². The number of hydrogen-bond donors (Lipinski definition) is 2. The molecule has 2 amide bonds. The number of ether oxygens (including phenoxy) is 1. The molecule has 1 aromatic carbocycles. The first kappa shape index (κ1) is 21.1. The summed E-state index contributed by atoms with van der Waals surface area (Å²) in [5.74, 6) is 0.529. The Morgan fingerprint density at radius 1 is 1.37 bits per heavy atom. The molecule has 1 aliphatic heterocycles. The van der Waals surface area contributed by atoms with Gasteiger partial charge in [-0.15, -0.1) is 11.8 Å². The van der Waals surface area contributed by atoms with Gasteiger partial charge in [-0.25, -0.2) is 4.79 Å². The van der Waals surface area contributed by atoms with Crippen LogP contribution in [0.4, 0.5) is 0 Å². The molecule has 27 heavy (non-hydrogen) atoms. The van der Waals surface area contributed by atoms with E-state index in [-0.39, 0.29) is 17.4 Å². The van der Waals surface area contributed by atoms with Gasteiger partial charge in [-0.3, -0.25) is 9.59 Å². The third kappa shape index (κ3) is 5.63. The van der Waals surface area contributed by atoms with E-state index in [1.807, 2.05) is 6.92 Å². The second-order valence-corrected chi connectivity index (χ2v) is 7.36. The molecule has 1 atom stereocenters. The number of amides is 2. The standard InChI is InChI=1S/C19H26N2O5S/c1-3-4-5-17(22)21-12-27-11-15(21)18(23)20-9-8-13-6-7-14(19(24)25)10-16(13)26-2/h6-7,10,15H,3-5,8-9,11-12H2,1-2H3,(H,20,23)(H,24,25). The molecule has 0 saturated carbocycles. The normalized spacial score (nSPS) is 16.2. The molecule has 2 N–H and O–H groups in total. The van der Waals surface area contributed by atoms with Crippen molar-refractivity contribution in [1.82, 2.24) is 10.2 Å². The zero-order valence-corrected chi connectivity index (χ0v) is 16.5. The van der Waals surface area contributed by atoms with Crippen molar-refractivity contribution < 1.29 is 24.2 Å². The summed E-state index contributed by atoms with van der Waals surface area (Å²) in [6, 6.07) is 4.27. The smallest absolute Gasteiger partial charge is 0.335 e. The number of carboxylic acid groups (broad SMARTS) is 1. The lowest BCUT2D eigenvalue weighted by molar-refractivity contribution is -0.138. The highest BCUT2D eigenvalue weighted by Crippen LogP contribution is 2.23. The molecule has 8 heteroatoms. The van der Waals surface area contributed by atoms with E-state index >= 15 is 0 Å². The van der Waals surface area contributed by atoms with Gasteiger partial charge in [0.15, 0.2) is 0 Å². The third-order valence-electron chi connectivity index (χ3n) is 4.48. The van der Waals surface area contributed by atoms with E-state index in [4.69, 9.17) is 9.84 Å². The number of thioether (sulfide) groups is 1. The van der Waals surface area contributed by atoms with Crippen LogP contribution in [0.5, 0.6) is 5.75 Å². The van der Waals surface area contributed by atoms with Crippen molar-refractivity contribution in [3.8, 4) is 5.75 Å². The number of rotatable bonds is 9. The van der Waals surface area contributed by atoms with Gasteiger partial charge in [0, 0.05) is 18.7 Å². The number of carboxylic acids is 1. The summed E-state index contributed by atoms with van der Waals surface area (Å²) in [6.45, 7) is 2.42. The van der Waals surface area contributed by atoms with Gasteiger partial charge >= 0.3 is 5.97 Å². The van der Waals surface area contributed by atoms with E-state index < -0.39 is 12.0 Å². The summed E-state index contributed by atoms with van der Waals surface area (Å²) in [5, 5.41) is 11.9. The highest BCUT2D eigenvalue weighted by molar-refractivity contribution is 7.99. The molecule has 1 unspecified atom stereocenters. The predicted octanol–water partition coefficient (Wildman–Crippen LogP) is 2.14. The van der Waals surface area contributed by atoms with Gasteiger partial charge in [-0.05, 0) is 30.5 Å². The molecule has 1 saturated heterocycles. The second-order valence-electron chi connectivity index (χ2n) is 6.36. The Morgan fingerprint density at radius 3 is 2.81 bits per heavy atom. The minimum atomic E-state index is -1.01. The van der Waals surface area contributed by atoms with Gasteiger partial charge in [-0.1, -0.05) is 19.4 Å². The second kappa shape index (κ2) is 10.2. The van der Waals surface area contributed by atoms with Gasteiger partial charge in [-0.2, -0.15) is 0 Å². The van der Waals surface area contributed by atoms with Gasteiger partial charge in [0.2, 0.25) is 11.8 Å². The number of unbranched alkanes of at least 4 members (excludes halogenated alkanes) is 1. The lowest BCUT2D eigenvalue weighted by Crippen LogP contribution is -2.47. The number of carbonyl (C=O) groups excluding carboxylic acids is 2. The van der Waals surface area contributed by atoms with Crippen LogP contribution in [0.1, 0.15) is 42.1 Å². The fraction of sp³-hybridized carbons (Fsp3) is 0.526. The van der Waals surface area contributed by atoms with Crippen LogP contribution < -0.4 is 10.1 Å². The number of carbonyl (C=O) groups is 3. The van der Waals surface area contributed by atoms with Crippen LogP contribution in [0, 0.1) is 0 Å². The SMILES string of the molecule is CCCCC(=O)N1CSCC1C(=O)NCCc1ccc(C(=O)O)cc1OC. The first-order valence-corrected chi connectivity index (χ1v) is 10.2. The van der Waals surface area contributed by atoms with Gasteiger partial charge < -0.3 is 20.1 Å². The Labute approximate surface area is 163 Å². The molecule has 0 spiro atoms. The van der Waals surface area contributed by atoms with Crippen molar-refractivity contribution in [2.75, 3.05) is 25.3 Å². The van der Waals surface area contributed by atoms with Crippen LogP contribution in [0.3, 0.4) is 0 Å². The maximum atomic E-state index is 12.5. The largest absolute Gasteiger partial charge is 0.496 e. The summed E-state index contributed by atoms with van der Waals surface area (Å²) in [6.07, 6.45) is 2.78. The van der Waals surface area contributed by atoms with Crippen LogP contribution in [0.15, 0.2) is 18.2 Å². The fourth-order valence-corrected chi connectivity index (χ4v) is 4.08. The van der Waals surface area contributed by atoms with Crippen molar-refractivity contribution in [3.05, 3.63) is 29.3 Å². The lowest BCUT2D eigenvalue weighted by atomic mass is 10.1. The van der Waals surface area contributed by atoms with Gasteiger partial charge in [0.05, 0.1) is 18.6 Å². The van der Waals surface area contributed by atoms with Gasteiger partial charge in [0.25, 0.3) is 0 Å². The first-order valence-electron chi connectivity index (χ1n) is 9.03. The summed E-state index contributed by atoms with van der Waals surface area (Å²) >= 11 is 1.59. The highest BCUT2D eigenvalue weighted by atomic mass is 32.2. The molecule has 1 aromatic rings. The summed E-state index contributed by atoms with van der Waals surface area (Å²) in [4.78, 5) is 37.4. The number of methoxy groups -OCH3 is 1. The van der Waals surface area contributed by atoms with Crippen LogP contribution in [-0.4, -0.2) is 59.1 Å². The summed E-state index contributed by atoms with van der Waals surface area (Å²) in [5.41, 5.74) is 0.975. The third-order valence-corrected chi connectivity index (χ3v) is 5.49. The van der Waals surface area contributed by atoms with E-state index in [1.54, 1.807) is 22.7 Å². The molecule has 0 bridgehead atoms. The summed E-state index contributed by atoms with van der Waals surface area (Å²) < 4.78 is 5.25. The fourth-order valence-electron chi connectivity index (χ4n) is 2.90. The monoisotopic (exact) mass is 394 g/mol. The first-order chi connectivity index (χ1) is 13.0. The van der Waals surface area contributed by atoms with Crippen LogP contribution in [0.25, 0.3) is 0 Å². The maximum absolute atomic E-state index is 12.5. The topological polar surface area (TPSA) is 95.9 Å². The van der Waals surface area contributed by atoms with E-state index in [2.05, 4.69) is 5.32 Å². The van der Waals surface area contributed by atoms with Crippen molar-refractivity contribution in [3.63, 3.8) is 0 Å². The molecular formula is C19H26N2O5S.